The van der Waals surface area contributed by atoms with Gasteiger partial charge in [-0.15, -0.1) is 0 Å². The third kappa shape index (κ3) is 3.24. The van der Waals surface area contributed by atoms with Crippen LogP contribution in [0.3, 0.4) is 0 Å². The summed E-state index contributed by atoms with van der Waals surface area (Å²) in [6.07, 6.45) is 1.20. The van der Waals surface area contributed by atoms with Crippen molar-refractivity contribution in [3.63, 3.8) is 0 Å². The van der Waals surface area contributed by atoms with E-state index < -0.39 is 0 Å². The maximum atomic E-state index is 3.25. The van der Waals surface area contributed by atoms with Crippen molar-refractivity contribution >= 4 is 5.69 Å². The molecule has 0 aliphatic rings. The van der Waals surface area contributed by atoms with Crippen molar-refractivity contribution in [3.05, 3.63) is 29.3 Å². The van der Waals surface area contributed by atoms with Crippen LogP contribution in [0.5, 0.6) is 0 Å². The molecule has 0 bridgehead atoms. The van der Waals surface area contributed by atoms with E-state index in [1.54, 1.807) is 0 Å². The molecule has 0 unspecified atom stereocenters. The number of rotatable bonds is 6. The Kier molecular flexibility index (Phi) is 5.33. The SMILES string of the molecule is CCCN(CC)c1ccc(C)cc1CNC. The molecule has 0 saturated heterocycles. The molecule has 0 aliphatic carbocycles. The number of benzene rings is 1. The molecule has 2 nitrogen and oxygen atoms in total. The third-order valence-electron chi connectivity index (χ3n) is 2.82. The van der Waals surface area contributed by atoms with Crippen LogP contribution in [0.2, 0.25) is 0 Å². The lowest BCUT2D eigenvalue weighted by Crippen LogP contribution is -2.25. The van der Waals surface area contributed by atoms with Crippen molar-refractivity contribution in [1.29, 1.82) is 0 Å². The molecule has 0 aromatic heterocycles. The van der Waals surface area contributed by atoms with E-state index >= 15 is 0 Å². The molecule has 1 aromatic carbocycles. The third-order valence-corrected chi connectivity index (χ3v) is 2.82. The second kappa shape index (κ2) is 6.54. The summed E-state index contributed by atoms with van der Waals surface area (Å²) in [7, 11) is 2.00. The van der Waals surface area contributed by atoms with Crippen molar-refractivity contribution in [2.45, 2.75) is 33.7 Å². The van der Waals surface area contributed by atoms with Gasteiger partial charge in [-0.3, -0.25) is 0 Å². The highest BCUT2D eigenvalue weighted by atomic mass is 15.1. The van der Waals surface area contributed by atoms with Crippen molar-refractivity contribution in [1.82, 2.24) is 5.32 Å². The minimum atomic E-state index is 0.942. The van der Waals surface area contributed by atoms with Crippen LogP contribution in [-0.4, -0.2) is 20.1 Å². The first-order valence-electron chi connectivity index (χ1n) is 6.22. The first kappa shape index (κ1) is 13.0. The van der Waals surface area contributed by atoms with E-state index in [4.69, 9.17) is 0 Å². The zero-order valence-electron chi connectivity index (χ0n) is 11.0. The van der Waals surface area contributed by atoms with E-state index in [-0.39, 0.29) is 0 Å². The summed E-state index contributed by atoms with van der Waals surface area (Å²) in [6, 6.07) is 6.73. The molecule has 1 rings (SSSR count). The summed E-state index contributed by atoms with van der Waals surface area (Å²) in [5.74, 6) is 0. The molecule has 0 atom stereocenters. The first-order chi connectivity index (χ1) is 7.72. The zero-order valence-corrected chi connectivity index (χ0v) is 11.0. The largest absolute Gasteiger partial charge is 0.372 e. The predicted molar refractivity (Wildman–Crippen MR) is 72.1 cm³/mol. The molecular weight excluding hydrogens is 196 g/mol. The van der Waals surface area contributed by atoms with Gasteiger partial charge in [0.1, 0.15) is 0 Å². The minimum absolute atomic E-state index is 0.942. The van der Waals surface area contributed by atoms with Crippen molar-refractivity contribution in [2.75, 3.05) is 25.0 Å². The van der Waals surface area contributed by atoms with Gasteiger partial charge in [0.2, 0.25) is 0 Å². The topological polar surface area (TPSA) is 15.3 Å². The Morgan fingerprint density at radius 1 is 1.25 bits per heavy atom. The molecule has 0 radical (unpaired) electrons. The maximum absolute atomic E-state index is 3.25. The van der Waals surface area contributed by atoms with Crippen LogP contribution in [0.15, 0.2) is 18.2 Å². The average molecular weight is 220 g/mol. The van der Waals surface area contributed by atoms with Gasteiger partial charge in [-0.1, -0.05) is 24.6 Å². The maximum Gasteiger partial charge on any atom is 0.0411 e. The molecular formula is C14H24N2. The van der Waals surface area contributed by atoms with Crippen LogP contribution < -0.4 is 10.2 Å². The average Bonchev–Trinajstić information content (AvgIpc) is 2.27. The summed E-state index contributed by atoms with van der Waals surface area (Å²) in [4.78, 5) is 2.45. The Hall–Kier alpha value is -1.02. The fraction of sp³-hybridized carbons (Fsp3) is 0.571. The summed E-state index contributed by atoms with van der Waals surface area (Å²) in [5, 5.41) is 3.25. The second-order valence-corrected chi connectivity index (χ2v) is 4.24. The second-order valence-electron chi connectivity index (χ2n) is 4.24. The molecule has 0 fully saturated rings. The van der Waals surface area contributed by atoms with E-state index in [0.717, 1.165) is 19.6 Å². The van der Waals surface area contributed by atoms with Crippen LogP contribution in [-0.2, 0) is 6.54 Å². The van der Waals surface area contributed by atoms with Gasteiger partial charge in [-0.05, 0) is 38.9 Å². The molecule has 90 valence electrons. The van der Waals surface area contributed by atoms with Crippen LogP contribution in [0.4, 0.5) is 5.69 Å². The Morgan fingerprint density at radius 3 is 2.56 bits per heavy atom. The molecule has 2 heteroatoms. The van der Waals surface area contributed by atoms with Gasteiger partial charge >= 0.3 is 0 Å². The van der Waals surface area contributed by atoms with Crippen LogP contribution >= 0.6 is 0 Å². The van der Waals surface area contributed by atoms with Crippen LogP contribution in [0, 0.1) is 6.92 Å². The Labute approximate surface area is 99.7 Å². The van der Waals surface area contributed by atoms with Crippen LogP contribution in [0.1, 0.15) is 31.4 Å². The quantitative estimate of drug-likeness (QED) is 0.793. The van der Waals surface area contributed by atoms with Gasteiger partial charge in [0.25, 0.3) is 0 Å². The van der Waals surface area contributed by atoms with Gasteiger partial charge in [0.15, 0.2) is 0 Å². The predicted octanol–water partition coefficient (Wildman–Crippen LogP) is 2.95. The highest BCUT2D eigenvalue weighted by molar-refractivity contribution is 5.55. The van der Waals surface area contributed by atoms with Gasteiger partial charge in [0, 0.05) is 25.3 Å². The number of hydrogen-bond donors (Lipinski definition) is 1. The number of nitrogens with zero attached hydrogens (tertiary/aromatic N) is 1. The van der Waals surface area contributed by atoms with E-state index in [9.17, 15) is 0 Å². The highest BCUT2D eigenvalue weighted by Crippen LogP contribution is 2.22. The fourth-order valence-corrected chi connectivity index (χ4v) is 2.07. The normalized spacial score (nSPS) is 10.5. The minimum Gasteiger partial charge on any atom is -0.372 e. The zero-order chi connectivity index (χ0) is 12.0. The number of nitrogens with one attached hydrogen (secondary N) is 1. The van der Waals surface area contributed by atoms with E-state index in [1.807, 2.05) is 7.05 Å². The lowest BCUT2D eigenvalue weighted by molar-refractivity contribution is 0.766. The van der Waals surface area contributed by atoms with E-state index in [1.165, 1.54) is 23.2 Å². The van der Waals surface area contributed by atoms with Gasteiger partial charge in [-0.25, -0.2) is 0 Å². The Morgan fingerprint density at radius 2 is 2.00 bits per heavy atom. The lowest BCUT2D eigenvalue weighted by atomic mass is 10.1. The molecule has 1 N–H and O–H groups in total. The Bertz CT molecular complexity index is 321. The van der Waals surface area contributed by atoms with E-state index in [0.29, 0.717) is 0 Å². The summed E-state index contributed by atoms with van der Waals surface area (Å²) >= 11 is 0. The Balaban J connectivity index is 2.99. The summed E-state index contributed by atoms with van der Waals surface area (Å²) in [6.45, 7) is 9.76. The number of aryl methyl sites for hydroxylation is 1. The van der Waals surface area contributed by atoms with Crippen molar-refractivity contribution in [2.24, 2.45) is 0 Å². The number of anilines is 1. The lowest BCUT2D eigenvalue weighted by Gasteiger charge is -2.25. The van der Waals surface area contributed by atoms with Gasteiger partial charge in [0.05, 0.1) is 0 Å². The smallest absolute Gasteiger partial charge is 0.0411 e. The van der Waals surface area contributed by atoms with Gasteiger partial charge in [-0.2, -0.15) is 0 Å². The molecule has 0 spiro atoms. The molecule has 0 heterocycles. The first-order valence-corrected chi connectivity index (χ1v) is 6.22. The molecule has 1 aromatic rings. The van der Waals surface area contributed by atoms with Gasteiger partial charge < -0.3 is 10.2 Å². The summed E-state index contributed by atoms with van der Waals surface area (Å²) < 4.78 is 0. The highest BCUT2D eigenvalue weighted by Gasteiger charge is 2.08. The summed E-state index contributed by atoms with van der Waals surface area (Å²) in [5.41, 5.74) is 4.11. The molecule has 16 heavy (non-hydrogen) atoms. The monoisotopic (exact) mass is 220 g/mol. The van der Waals surface area contributed by atoms with Crippen molar-refractivity contribution in [3.8, 4) is 0 Å². The molecule has 0 amide bonds. The molecule has 0 aliphatic heterocycles. The standard InChI is InChI=1S/C14H24N2/c1-5-9-16(6-2)14-8-7-12(3)10-13(14)11-15-4/h7-8,10,15H,5-6,9,11H2,1-4H3. The van der Waals surface area contributed by atoms with E-state index in [2.05, 4.69) is 49.2 Å². The van der Waals surface area contributed by atoms with Crippen LogP contribution in [0.25, 0.3) is 0 Å². The molecule has 0 saturated carbocycles. The number of hydrogen-bond acceptors (Lipinski definition) is 2. The van der Waals surface area contributed by atoms with Crippen molar-refractivity contribution < 1.29 is 0 Å². The fourth-order valence-electron chi connectivity index (χ4n) is 2.07.